The number of rotatable bonds is 6. The zero-order chi connectivity index (χ0) is 19.2. The van der Waals surface area contributed by atoms with Crippen LogP contribution in [0.15, 0.2) is 48.5 Å². The summed E-state index contributed by atoms with van der Waals surface area (Å²) < 4.78 is 47.8. The van der Waals surface area contributed by atoms with Gasteiger partial charge in [-0.3, -0.25) is 4.79 Å². The second-order valence-electron chi connectivity index (χ2n) is 5.16. The molecule has 26 heavy (non-hydrogen) atoms. The van der Waals surface area contributed by atoms with E-state index in [2.05, 4.69) is 5.32 Å². The Morgan fingerprint density at radius 3 is 2.38 bits per heavy atom. The van der Waals surface area contributed by atoms with Crippen LogP contribution in [-0.4, -0.2) is 25.1 Å². The first kappa shape index (κ1) is 19.3. The van der Waals surface area contributed by atoms with Crippen molar-refractivity contribution in [3.63, 3.8) is 0 Å². The summed E-state index contributed by atoms with van der Waals surface area (Å²) in [4.78, 5) is 23.4. The van der Waals surface area contributed by atoms with E-state index >= 15 is 0 Å². The number of carbonyl (C=O) groups is 2. The number of carbonyl (C=O) groups excluding carboxylic acids is 2. The van der Waals surface area contributed by atoms with E-state index in [1.807, 2.05) is 0 Å². The highest BCUT2D eigenvalue weighted by atomic mass is 19.4. The summed E-state index contributed by atoms with van der Waals surface area (Å²) >= 11 is 0. The molecule has 0 saturated heterocycles. The van der Waals surface area contributed by atoms with Gasteiger partial charge < -0.3 is 14.8 Å². The van der Waals surface area contributed by atoms with Gasteiger partial charge in [0, 0.05) is 5.69 Å². The van der Waals surface area contributed by atoms with E-state index in [0.29, 0.717) is 11.3 Å². The number of benzene rings is 2. The fourth-order valence-electron chi connectivity index (χ4n) is 2.01. The van der Waals surface area contributed by atoms with Crippen LogP contribution in [0.2, 0.25) is 0 Å². The monoisotopic (exact) mass is 367 g/mol. The first-order valence-corrected chi connectivity index (χ1v) is 7.66. The Bertz CT molecular complexity index is 773. The SMILES string of the molecule is CCOC(=O)c1ccc(NC(=O)COc2cccc(C(F)(F)F)c2)cc1. The van der Waals surface area contributed by atoms with Gasteiger partial charge in [0.25, 0.3) is 5.91 Å². The molecule has 0 bridgehead atoms. The highest BCUT2D eigenvalue weighted by Crippen LogP contribution is 2.31. The third-order valence-corrected chi connectivity index (χ3v) is 3.21. The highest BCUT2D eigenvalue weighted by molar-refractivity contribution is 5.93. The molecule has 0 saturated carbocycles. The van der Waals surface area contributed by atoms with Gasteiger partial charge in [-0.25, -0.2) is 4.79 Å². The van der Waals surface area contributed by atoms with Crippen LogP contribution in [0, 0.1) is 0 Å². The average Bonchev–Trinajstić information content (AvgIpc) is 2.60. The first-order chi connectivity index (χ1) is 12.3. The predicted octanol–water partition coefficient (Wildman–Crippen LogP) is 3.90. The summed E-state index contributed by atoms with van der Waals surface area (Å²) in [7, 11) is 0. The van der Waals surface area contributed by atoms with Gasteiger partial charge in [-0.15, -0.1) is 0 Å². The number of alkyl halides is 3. The third-order valence-electron chi connectivity index (χ3n) is 3.21. The summed E-state index contributed by atoms with van der Waals surface area (Å²) in [6.45, 7) is 1.49. The highest BCUT2D eigenvalue weighted by Gasteiger charge is 2.30. The van der Waals surface area contributed by atoms with Gasteiger partial charge in [0.1, 0.15) is 5.75 Å². The van der Waals surface area contributed by atoms with Crippen molar-refractivity contribution in [3.05, 3.63) is 59.7 Å². The number of anilines is 1. The smallest absolute Gasteiger partial charge is 0.416 e. The maximum Gasteiger partial charge on any atom is 0.416 e. The van der Waals surface area contributed by atoms with Crippen molar-refractivity contribution in [2.24, 2.45) is 0 Å². The summed E-state index contributed by atoms with van der Waals surface area (Å²) in [5, 5.41) is 2.52. The van der Waals surface area contributed by atoms with E-state index in [4.69, 9.17) is 9.47 Å². The second kappa shape index (κ2) is 8.37. The van der Waals surface area contributed by atoms with Crippen LogP contribution in [0.3, 0.4) is 0 Å². The minimum absolute atomic E-state index is 0.0624. The minimum atomic E-state index is -4.48. The Kier molecular flexibility index (Phi) is 6.21. The van der Waals surface area contributed by atoms with Crippen LogP contribution in [0.1, 0.15) is 22.8 Å². The molecule has 0 fully saturated rings. The molecule has 0 aliphatic heterocycles. The quantitative estimate of drug-likeness (QED) is 0.787. The van der Waals surface area contributed by atoms with Gasteiger partial charge in [0.15, 0.2) is 6.61 Å². The van der Waals surface area contributed by atoms with Crippen LogP contribution in [0.4, 0.5) is 18.9 Å². The minimum Gasteiger partial charge on any atom is -0.484 e. The van der Waals surface area contributed by atoms with Gasteiger partial charge in [-0.1, -0.05) is 6.07 Å². The summed E-state index contributed by atoms with van der Waals surface area (Å²) in [6.07, 6.45) is -4.48. The molecule has 0 unspecified atom stereocenters. The van der Waals surface area contributed by atoms with Crippen molar-refractivity contribution in [2.75, 3.05) is 18.5 Å². The molecule has 0 spiro atoms. The van der Waals surface area contributed by atoms with E-state index in [1.54, 1.807) is 6.92 Å². The summed E-state index contributed by atoms with van der Waals surface area (Å²) in [5.74, 6) is -1.09. The van der Waals surface area contributed by atoms with Crippen molar-refractivity contribution < 1.29 is 32.2 Å². The molecule has 0 aliphatic carbocycles. The average molecular weight is 367 g/mol. The molecule has 0 atom stereocenters. The normalized spacial score (nSPS) is 10.9. The van der Waals surface area contributed by atoms with Gasteiger partial charge in [0.05, 0.1) is 17.7 Å². The van der Waals surface area contributed by atoms with E-state index in [9.17, 15) is 22.8 Å². The van der Waals surface area contributed by atoms with Crippen molar-refractivity contribution in [1.82, 2.24) is 0 Å². The molecule has 2 aromatic carbocycles. The number of hydrogen-bond acceptors (Lipinski definition) is 4. The van der Waals surface area contributed by atoms with Crippen LogP contribution < -0.4 is 10.1 Å². The number of nitrogens with one attached hydrogen (secondary N) is 1. The number of ether oxygens (including phenoxy) is 2. The molecule has 138 valence electrons. The molecule has 5 nitrogen and oxygen atoms in total. The summed E-state index contributed by atoms with van der Waals surface area (Å²) in [6, 6.07) is 10.3. The molecule has 2 rings (SSSR count). The molecule has 1 N–H and O–H groups in total. The van der Waals surface area contributed by atoms with E-state index < -0.39 is 30.2 Å². The van der Waals surface area contributed by atoms with Gasteiger partial charge >= 0.3 is 12.1 Å². The van der Waals surface area contributed by atoms with Crippen molar-refractivity contribution >= 4 is 17.6 Å². The fourth-order valence-corrected chi connectivity index (χ4v) is 2.01. The Labute approximate surface area is 147 Å². The van der Waals surface area contributed by atoms with Crippen molar-refractivity contribution in [2.45, 2.75) is 13.1 Å². The lowest BCUT2D eigenvalue weighted by Gasteiger charge is -2.10. The number of halogens is 3. The van der Waals surface area contributed by atoms with Crippen LogP contribution in [0.5, 0.6) is 5.75 Å². The third kappa shape index (κ3) is 5.51. The molecule has 0 aliphatic rings. The molecule has 1 amide bonds. The molecule has 8 heteroatoms. The first-order valence-electron chi connectivity index (χ1n) is 7.66. The van der Waals surface area contributed by atoms with E-state index in [1.165, 1.54) is 36.4 Å². The second-order valence-corrected chi connectivity index (χ2v) is 5.16. The Balaban J connectivity index is 1.90. The van der Waals surface area contributed by atoms with Crippen molar-refractivity contribution in [1.29, 1.82) is 0 Å². The number of hydrogen-bond donors (Lipinski definition) is 1. The lowest BCUT2D eigenvalue weighted by atomic mass is 10.2. The van der Waals surface area contributed by atoms with Gasteiger partial charge in [0.2, 0.25) is 0 Å². The molecule has 2 aromatic rings. The van der Waals surface area contributed by atoms with Crippen LogP contribution in [-0.2, 0) is 15.7 Å². The predicted molar refractivity (Wildman–Crippen MR) is 88.0 cm³/mol. The summed E-state index contributed by atoms with van der Waals surface area (Å²) in [5.41, 5.74) is -0.106. The Morgan fingerprint density at radius 2 is 1.77 bits per heavy atom. The zero-order valence-electron chi connectivity index (χ0n) is 13.8. The maximum atomic E-state index is 12.6. The molecule has 0 aromatic heterocycles. The topological polar surface area (TPSA) is 64.6 Å². The maximum absolute atomic E-state index is 12.6. The number of esters is 1. The zero-order valence-corrected chi connectivity index (χ0v) is 13.8. The molecule has 0 radical (unpaired) electrons. The lowest BCUT2D eigenvalue weighted by molar-refractivity contribution is -0.137. The molecular formula is C18H16F3NO4. The van der Waals surface area contributed by atoms with Gasteiger partial charge in [-0.05, 0) is 49.4 Å². The molecular weight excluding hydrogens is 351 g/mol. The lowest BCUT2D eigenvalue weighted by Crippen LogP contribution is -2.20. The van der Waals surface area contributed by atoms with E-state index in [0.717, 1.165) is 12.1 Å². The number of amides is 1. The van der Waals surface area contributed by atoms with E-state index in [-0.39, 0.29) is 12.4 Å². The van der Waals surface area contributed by atoms with Gasteiger partial charge in [-0.2, -0.15) is 13.2 Å². The van der Waals surface area contributed by atoms with Crippen molar-refractivity contribution in [3.8, 4) is 5.75 Å². The largest absolute Gasteiger partial charge is 0.484 e. The molecule has 0 heterocycles. The van der Waals surface area contributed by atoms with Crippen LogP contribution in [0.25, 0.3) is 0 Å². The standard InChI is InChI=1S/C18H16F3NO4/c1-2-25-17(24)12-6-8-14(9-7-12)22-16(23)11-26-15-5-3-4-13(10-15)18(19,20)21/h3-10H,2,11H2,1H3,(H,22,23). The Hall–Kier alpha value is -3.03. The Morgan fingerprint density at radius 1 is 1.08 bits per heavy atom. The fraction of sp³-hybridized carbons (Fsp3) is 0.222. The van der Waals surface area contributed by atoms with Crippen LogP contribution >= 0.6 is 0 Å².